The summed E-state index contributed by atoms with van der Waals surface area (Å²) in [7, 11) is 0. The highest BCUT2D eigenvalue weighted by molar-refractivity contribution is 5.95. The quantitative estimate of drug-likeness (QED) is 0.510. The molecule has 29 heavy (non-hydrogen) atoms. The molecule has 2 unspecified atom stereocenters. The minimum Gasteiger partial charge on any atom is -0.392 e. The van der Waals surface area contributed by atoms with E-state index in [1.54, 1.807) is 6.07 Å². The van der Waals surface area contributed by atoms with E-state index in [2.05, 4.69) is 25.9 Å². The van der Waals surface area contributed by atoms with Gasteiger partial charge in [0.2, 0.25) is 5.91 Å². The highest BCUT2D eigenvalue weighted by Gasteiger charge is 2.27. The van der Waals surface area contributed by atoms with Gasteiger partial charge >= 0.3 is 0 Å². The monoisotopic (exact) mass is 395 g/mol. The number of aromatic nitrogens is 2. The third-order valence-electron chi connectivity index (χ3n) is 4.95. The Morgan fingerprint density at radius 3 is 2.79 bits per heavy atom. The van der Waals surface area contributed by atoms with E-state index >= 15 is 0 Å². The van der Waals surface area contributed by atoms with Crippen molar-refractivity contribution in [2.24, 2.45) is 0 Å². The molecular weight excluding hydrogens is 373 g/mol. The maximum Gasteiger partial charge on any atom is 0.241 e. The van der Waals surface area contributed by atoms with Crippen LogP contribution in [0.2, 0.25) is 0 Å². The molecule has 150 valence electrons. The molecule has 8 heteroatoms. The molecule has 0 saturated carbocycles. The van der Waals surface area contributed by atoms with Crippen LogP contribution < -0.4 is 16.0 Å². The first-order valence-corrected chi connectivity index (χ1v) is 9.54. The summed E-state index contributed by atoms with van der Waals surface area (Å²) < 4.78 is 13.5. The number of nitrogens with zero attached hydrogens (tertiary/aromatic N) is 2. The topological polar surface area (TPSA) is 99.2 Å². The molecular formula is C21H22FN5O2. The van der Waals surface area contributed by atoms with Crippen molar-refractivity contribution in [2.75, 3.05) is 23.7 Å². The average Bonchev–Trinajstić information content (AvgIpc) is 3.16. The number of β-amino-alcohol motifs (C(OH)–C–C–N with tert-alkyl or cyclic N) is 1. The van der Waals surface area contributed by atoms with Crippen molar-refractivity contribution in [3.05, 3.63) is 60.2 Å². The van der Waals surface area contributed by atoms with Crippen molar-refractivity contribution < 1.29 is 14.3 Å². The summed E-state index contributed by atoms with van der Waals surface area (Å²) >= 11 is 0. The number of aliphatic hydroxyl groups excluding tert-OH is 1. The number of carbonyl (C=O) groups is 1. The summed E-state index contributed by atoms with van der Waals surface area (Å²) in [6.45, 7) is 1.07. The van der Waals surface area contributed by atoms with Gasteiger partial charge in [-0.15, -0.1) is 0 Å². The lowest BCUT2D eigenvalue weighted by Crippen LogP contribution is -2.35. The van der Waals surface area contributed by atoms with Crippen LogP contribution in [-0.2, 0) is 11.2 Å². The molecule has 4 N–H and O–H groups in total. The van der Waals surface area contributed by atoms with Crippen LogP contribution in [-0.4, -0.2) is 46.2 Å². The summed E-state index contributed by atoms with van der Waals surface area (Å²) in [6.07, 6.45) is 2.16. The van der Waals surface area contributed by atoms with Gasteiger partial charge in [0, 0.05) is 24.2 Å². The number of carbonyl (C=O) groups excluding carboxylic acids is 1. The average molecular weight is 395 g/mol. The van der Waals surface area contributed by atoms with Crippen molar-refractivity contribution in [1.82, 2.24) is 15.3 Å². The second kappa shape index (κ2) is 8.50. The second-order valence-electron chi connectivity index (χ2n) is 7.10. The van der Waals surface area contributed by atoms with Crippen LogP contribution in [0.5, 0.6) is 0 Å². The molecule has 3 aromatic rings. The number of nitrogens with one attached hydrogen (secondary N) is 3. The molecule has 1 saturated heterocycles. The number of aliphatic hydroxyl groups is 1. The van der Waals surface area contributed by atoms with Gasteiger partial charge in [-0.05, 0) is 48.7 Å². The van der Waals surface area contributed by atoms with Crippen molar-refractivity contribution in [3.8, 4) is 0 Å². The van der Waals surface area contributed by atoms with E-state index in [0.717, 1.165) is 12.0 Å². The Kier molecular flexibility index (Phi) is 5.64. The molecule has 1 aromatic heterocycles. The number of anilines is 2. The smallest absolute Gasteiger partial charge is 0.241 e. The maximum atomic E-state index is 13.5. The van der Waals surface area contributed by atoms with Crippen LogP contribution in [0.1, 0.15) is 12.0 Å². The standard InChI is InChI=1S/C21H22FN5O2/c22-14-3-6-18-17(9-14)20(26-12-25-18)23-8-7-13-1-4-15(5-2-13)27-21(29)19-10-16(28)11-24-19/h1-6,9,12,16,19,24,28H,7-8,10-11H2,(H,27,29)(H,23,25,26). The van der Waals surface area contributed by atoms with Gasteiger partial charge in [-0.3, -0.25) is 4.79 Å². The zero-order valence-corrected chi connectivity index (χ0v) is 15.7. The van der Waals surface area contributed by atoms with E-state index in [4.69, 9.17) is 0 Å². The van der Waals surface area contributed by atoms with E-state index in [1.165, 1.54) is 18.5 Å². The fraction of sp³-hybridized carbons (Fsp3) is 0.286. The van der Waals surface area contributed by atoms with Crippen LogP contribution in [0.4, 0.5) is 15.9 Å². The van der Waals surface area contributed by atoms with Gasteiger partial charge < -0.3 is 21.1 Å². The van der Waals surface area contributed by atoms with E-state index in [1.807, 2.05) is 24.3 Å². The molecule has 0 spiro atoms. The Labute approximate surface area is 167 Å². The van der Waals surface area contributed by atoms with Gasteiger partial charge in [-0.1, -0.05) is 12.1 Å². The highest BCUT2D eigenvalue weighted by atomic mass is 19.1. The first-order valence-electron chi connectivity index (χ1n) is 9.54. The Morgan fingerprint density at radius 2 is 2.03 bits per heavy atom. The van der Waals surface area contributed by atoms with Gasteiger partial charge in [0.05, 0.1) is 17.7 Å². The van der Waals surface area contributed by atoms with Crippen LogP contribution in [0.3, 0.4) is 0 Å². The van der Waals surface area contributed by atoms with Crippen LogP contribution in [0, 0.1) is 5.82 Å². The van der Waals surface area contributed by atoms with Gasteiger partial charge in [-0.2, -0.15) is 0 Å². The number of halogens is 1. The SMILES string of the molecule is O=C(Nc1ccc(CCNc2ncnc3ccc(F)cc23)cc1)C1CC(O)CN1. The lowest BCUT2D eigenvalue weighted by atomic mass is 10.1. The molecule has 0 bridgehead atoms. The number of hydrogen-bond acceptors (Lipinski definition) is 6. The lowest BCUT2D eigenvalue weighted by molar-refractivity contribution is -0.117. The molecule has 7 nitrogen and oxygen atoms in total. The molecule has 4 rings (SSSR count). The minimum atomic E-state index is -0.468. The van der Waals surface area contributed by atoms with Crippen molar-refractivity contribution >= 4 is 28.3 Å². The molecule has 1 amide bonds. The summed E-state index contributed by atoms with van der Waals surface area (Å²) in [4.78, 5) is 20.5. The molecule has 0 radical (unpaired) electrons. The molecule has 2 aromatic carbocycles. The molecule has 1 aliphatic heterocycles. The fourth-order valence-corrected chi connectivity index (χ4v) is 3.40. The fourth-order valence-electron chi connectivity index (χ4n) is 3.40. The second-order valence-corrected chi connectivity index (χ2v) is 7.10. The molecule has 0 aliphatic carbocycles. The van der Waals surface area contributed by atoms with E-state index in [9.17, 15) is 14.3 Å². The minimum absolute atomic E-state index is 0.140. The van der Waals surface area contributed by atoms with E-state index < -0.39 is 6.10 Å². The number of amides is 1. The Bertz CT molecular complexity index is 1010. The molecule has 1 fully saturated rings. The van der Waals surface area contributed by atoms with Crippen molar-refractivity contribution in [2.45, 2.75) is 25.0 Å². The third-order valence-corrected chi connectivity index (χ3v) is 4.95. The molecule has 2 atom stereocenters. The summed E-state index contributed by atoms with van der Waals surface area (Å²) in [5.41, 5.74) is 2.50. The Hall–Kier alpha value is -3.10. The largest absolute Gasteiger partial charge is 0.392 e. The van der Waals surface area contributed by atoms with Gasteiger partial charge in [0.15, 0.2) is 0 Å². The van der Waals surface area contributed by atoms with Crippen molar-refractivity contribution in [1.29, 1.82) is 0 Å². The number of rotatable bonds is 6. The first kappa shape index (κ1) is 19.2. The van der Waals surface area contributed by atoms with Gasteiger partial charge in [0.25, 0.3) is 0 Å². The summed E-state index contributed by atoms with van der Waals surface area (Å²) in [5, 5.41) is 19.2. The highest BCUT2D eigenvalue weighted by Crippen LogP contribution is 2.20. The predicted octanol–water partition coefficient (Wildman–Crippen LogP) is 2.08. The zero-order valence-electron chi connectivity index (χ0n) is 15.7. The normalized spacial score (nSPS) is 18.7. The number of fused-ring (bicyclic) bond motifs is 1. The van der Waals surface area contributed by atoms with Crippen LogP contribution in [0.15, 0.2) is 48.8 Å². The lowest BCUT2D eigenvalue weighted by Gasteiger charge is -2.12. The predicted molar refractivity (Wildman–Crippen MR) is 109 cm³/mol. The van der Waals surface area contributed by atoms with E-state index in [-0.39, 0.29) is 17.8 Å². The third kappa shape index (κ3) is 4.67. The maximum absolute atomic E-state index is 13.5. The van der Waals surface area contributed by atoms with Gasteiger partial charge in [0.1, 0.15) is 18.0 Å². The molecule has 2 heterocycles. The van der Waals surface area contributed by atoms with Crippen LogP contribution >= 0.6 is 0 Å². The Morgan fingerprint density at radius 1 is 1.21 bits per heavy atom. The number of benzene rings is 2. The molecule has 1 aliphatic rings. The zero-order chi connectivity index (χ0) is 20.2. The van der Waals surface area contributed by atoms with Gasteiger partial charge in [-0.25, -0.2) is 14.4 Å². The summed E-state index contributed by atoms with van der Waals surface area (Å²) in [5.74, 6) is 0.138. The van der Waals surface area contributed by atoms with Crippen molar-refractivity contribution in [3.63, 3.8) is 0 Å². The number of hydrogen-bond donors (Lipinski definition) is 4. The van der Waals surface area contributed by atoms with Crippen LogP contribution in [0.25, 0.3) is 10.9 Å². The van der Waals surface area contributed by atoms with E-state index in [0.29, 0.717) is 41.9 Å². The first-order chi connectivity index (χ1) is 14.1. The Balaban J connectivity index is 1.32. The summed E-state index contributed by atoms with van der Waals surface area (Å²) in [6, 6.07) is 11.7.